The maximum atomic E-state index is 5.19. The average molecular weight is 374 g/mol. The van der Waals surface area contributed by atoms with Crippen molar-refractivity contribution >= 4 is 32.8 Å². The number of fused-ring (bicyclic) bond motifs is 6. The second-order valence-corrected chi connectivity index (χ2v) is 7.14. The Balaban J connectivity index is 2.07. The fourth-order valence-corrected chi connectivity index (χ4v) is 4.19. The molecule has 2 heterocycles. The minimum atomic E-state index is 0.974. The number of benzene rings is 3. The normalized spacial score (nSPS) is 12.6. The van der Waals surface area contributed by atoms with Crippen LogP contribution in [0.2, 0.25) is 0 Å². The van der Waals surface area contributed by atoms with Crippen LogP contribution < -0.4 is 0 Å². The van der Waals surface area contributed by atoms with Gasteiger partial charge >= 0.3 is 0 Å². The third-order valence-electron chi connectivity index (χ3n) is 5.46. The maximum absolute atomic E-state index is 5.19. The first-order valence-corrected chi connectivity index (χ1v) is 10.00. The summed E-state index contributed by atoms with van der Waals surface area (Å²) in [4.78, 5) is 5.19. The first-order valence-electron chi connectivity index (χ1n) is 10.00. The van der Waals surface area contributed by atoms with Gasteiger partial charge in [0.1, 0.15) is 5.82 Å². The molecule has 140 valence electrons. The van der Waals surface area contributed by atoms with Gasteiger partial charge in [-0.25, -0.2) is 4.98 Å². The summed E-state index contributed by atoms with van der Waals surface area (Å²) in [5.74, 6) is 0.974. The molecule has 2 aromatic heterocycles. The van der Waals surface area contributed by atoms with E-state index in [1.807, 2.05) is 13.0 Å². The van der Waals surface area contributed by atoms with Crippen molar-refractivity contribution < 1.29 is 0 Å². The average Bonchev–Trinajstić information content (AvgIpc) is 3.19. The Morgan fingerprint density at radius 1 is 0.759 bits per heavy atom. The molecule has 2 nitrogen and oxygen atoms in total. The number of para-hydroxylation sites is 1. The van der Waals surface area contributed by atoms with E-state index in [4.69, 9.17) is 4.98 Å². The minimum Gasteiger partial charge on any atom is -0.291 e. The number of rotatable bonds is 3. The van der Waals surface area contributed by atoms with Crippen molar-refractivity contribution in [1.82, 2.24) is 9.38 Å². The zero-order valence-corrected chi connectivity index (χ0v) is 16.6. The van der Waals surface area contributed by atoms with E-state index in [-0.39, 0.29) is 0 Å². The quantitative estimate of drug-likeness (QED) is 0.239. The van der Waals surface area contributed by atoms with Gasteiger partial charge in [-0.05, 0) is 25.3 Å². The molecule has 2 heteroatoms. The summed E-state index contributed by atoms with van der Waals surface area (Å²) in [5, 5.41) is 3.72. The highest BCUT2D eigenvalue weighted by molar-refractivity contribution is 6.15. The molecule has 5 rings (SSSR count). The monoisotopic (exact) mass is 374 g/mol. The van der Waals surface area contributed by atoms with Gasteiger partial charge in [-0.15, -0.1) is 0 Å². The highest BCUT2D eigenvalue weighted by atomic mass is 15.0. The van der Waals surface area contributed by atoms with Crippen LogP contribution in [0.5, 0.6) is 0 Å². The molecule has 0 saturated heterocycles. The van der Waals surface area contributed by atoms with Crippen molar-refractivity contribution in [2.75, 3.05) is 0 Å². The fourth-order valence-electron chi connectivity index (χ4n) is 4.19. The summed E-state index contributed by atoms with van der Waals surface area (Å²) in [6.45, 7) is 4.12. The molecule has 0 N–H and O–H groups in total. The Morgan fingerprint density at radius 2 is 1.41 bits per heavy atom. The fraction of sp³-hybridized carbons (Fsp3) is 0.0741. The lowest BCUT2D eigenvalue weighted by Crippen LogP contribution is -1.96. The van der Waals surface area contributed by atoms with Crippen LogP contribution in [0.1, 0.15) is 19.7 Å². The summed E-state index contributed by atoms with van der Waals surface area (Å²) >= 11 is 0. The molecule has 0 unspecified atom stereocenters. The van der Waals surface area contributed by atoms with Crippen molar-refractivity contribution in [2.45, 2.75) is 13.8 Å². The van der Waals surface area contributed by atoms with Crippen LogP contribution >= 0.6 is 0 Å². The summed E-state index contributed by atoms with van der Waals surface area (Å²) < 4.78 is 2.33. The molecular weight excluding hydrogens is 352 g/mol. The summed E-state index contributed by atoms with van der Waals surface area (Å²) in [6, 6.07) is 27.7. The predicted octanol–water partition coefficient (Wildman–Crippen LogP) is 7.29. The van der Waals surface area contributed by atoms with E-state index in [0.29, 0.717) is 0 Å². The smallest absolute Gasteiger partial charge is 0.145 e. The lowest BCUT2D eigenvalue weighted by atomic mass is 10.0. The van der Waals surface area contributed by atoms with Crippen molar-refractivity contribution in [3.63, 3.8) is 0 Å². The molecule has 0 aliphatic rings. The van der Waals surface area contributed by atoms with E-state index >= 15 is 0 Å². The SMILES string of the molecule is C/C=C\C(=C/C)c1nc(-c2ccccc2)c2c3ccccc3c3ccccc3n12. The van der Waals surface area contributed by atoms with Crippen LogP contribution in [0.4, 0.5) is 0 Å². The lowest BCUT2D eigenvalue weighted by molar-refractivity contribution is 1.16. The van der Waals surface area contributed by atoms with Gasteiger partial charge in [-0.2, -0.15) is 0 Å². The van der Waals surface area contributed by atoms with Gasteiger partial charge in [0, 0.05) is 21.9 Å². The first-order chi connectivity index (χ1) is 14.3. The summed E-state index contributed by atoms with van der Waals surface area (Å²) in [6.07, 6.45) is 6.34. The molecule has 0 fully saturated rings. The third kappa shape index (κ3) is 2.68. The Bertz CT molecular complexity index is 1400. The zero-order chi connectivity index (χ0) is 19.8. The third-order valence-corrected chi connectivity index (χ3v) is 5.46. The Kier molecular flexibility index (Phi) is 4.25. The second-order valence-electron chi connectivity index (χ2n) is 7.14. The first kappa shape index (κ1) is 17.4. The molecule has 0 saturated carbocycles. The molecule has 0 bridgehead atoms. The topological polar surface area (TPSA) is 17.3 Å². The predicted molar refractivity (Wildman–Crippen MR) is 124 cm³/mol. The Morgan fingerprint density at radius 3 is 2.14 bits per heavy atom. The molecular formula is C27H22N2. The van der Waals surface area contributed by atoms with Gasteiger partial charge in [0.2, 0.25) is 0 Å². The highest BCUT2D eigenvalue weighted by Crippen LogP contribution is 2.37. The molecule has 3 aromatic carbocycles. The van der Waals surface area contributed by atoms with Crippen molar-refractivity contribution in [3.8, 4) is 11.3 Å². The van der Waals surface area contributed by atoms with Crippen LogP contribution in [-0.4, -0.2) is 9.38 Å². The molecule has 0 radical (unpaired) electrons. The lowest BCUT2D eigenvalue weighted by Gasteiger charge is -2.11. The van der Waals surface area contributed by atoms with E-state index in [1.165, 1.54) is 21.7 Å². The van der Waals surface area contributed by atoms with Crippen molar-refractivity contribution in [2.24, 2.45) is 0 Å². The van der Waals surface area contributed by atoms with Gasteiger partial charge < -0.3 is 0 Å². The van der Waals surface area contributed by atoms with Crippen LogP contribution in [0.3, 0.4) is 0 Å². The van der Waals surface area contributed by atoms with Crippen LogP contribution in [-0.2, 0) is 0 Å². The van der Waals surface area contributed by atoms with E-state index in [9.17, 15) is 0 Å². The summed E-state index contributed by atoms with van der Waals surface area (Å²) in [5.41, 5.74) is 5.60. The van der Waals surface area contributed by atoms with Gasteiger partial charge in [-0.1, -0.05) is 91.0 Å². The number of hydrogen-bond donors (Lipinski definition) is 0. The molecule has 5 aromatic rings. The number of nitrogens with zero attached hydrogens (tertiary/aromatic N) is 2. The number of allylic oxidation sites excluding steroid dienone is 4. The summed E-state index contributed by atoms with van der Waals surface area (Å²) in [7, 11) is 0. The van der Waals surface area contributed by atoms with Crippen molar-refractivity contribution in [3.05, 3.63) is 103 Å². The molecule has 29 heavy (non-hydrogen) atoms. The highest BCUT2D eigenvalue weighted by Gasteiger charge is 2.19. The standard InChI is InChI=1S/C27H22N2/c1-3-12-19(4-2)27-28-25(20-13-6-5-7-14-20)26-23-17-9-8-15-21(23)22-16-10-11-18-24(22)29(26)27/h3-18H,1-2H3/b12-3-,19-4+. The van der Waals surface area contributed by atoms with Gasteiger partial charge in [0.25, 0.3) is 0 Å². The van der Waals surface area contributed by atoms with Crippen LogP contribution in [0, 0.1) is 0 Å². The molecule has 0 aliphatic carbocycles. The Hall–Kier alpha value is -3.65. The minimum absolute atomic E-state index is 0.974. The number of imidazole rings is 1. The van der Waals surface area contributed by atoms with Crippen molar-refractivity contribution in [1.29, 1.82) is 0 Å². The number of hydrogen-bond acceptors (Lipinski definition) is 1. The molecule has 0 atom stereocenters. The zero-order valence-electron chi connectivity index (χ0n) is 16.6. The number of pyridine rings is 1. The number of aromatic nitrogens is 2. The van der Waals surface area contributed by atoms with Gasteiger partial charge in [0.15, 0.2) is 0 Å². The van der Waals surface area contributed by atoms with E-state index in [0.717, 1.165) is 28.2 Å². The van der Waals surface area contributed by atoms with Crippen LogP contribution in [0.25, 0.3) is 44.0 Å². The maximum Gasteiger partial charge on any atom is 0.145 e. The molecule has 0 spiro atoms. The van der Waals surface area contributed by atoms with Gasteiger partial charge in [0.05, 0.1) is 16.7 Å². The van der Waals surface area contributed by atoms with E-state index < -0.39 is 0 Å². The largest absolute Gasteiger partial charge is 0.291 e. The Labute approximate surface area is 170 Å². The van der Waals surface area contributed by atoms with Gasteiger partial charge in [-0.3, -0.25) is 4.40 Å². The second kappa shape index (κ2) is 7.06. The van der Waals surface area contributed by atoms with E-state index in [1.54, 1.807) is 0 Å². The van der Waals surface area contributed by atoms with E-state index in [2.05, 4.69) is 102 Å². The molecule has 0 aliphatic heterocycles. The molecule has 0 amide bonds. The van der Waals surface area contributed by atoms with Crippen LogP contribution in [0.15, 0.2) is 97.1 Å².